The number of amides is 1. The maximum atomic E-state index is 12.2. The Balaban J connectivity index is 1.62. The van der Waals surface area contributed by atoms with Crippen LogP contribution in [0.15, 0.2) is 72.8 Å². The summed E-state index contributed by atoms with van der Waals surface area (Å²) < 4.78 is 0. The molecule has 0 aliphatic carbocycles. The molecule has 0 saturated carbocycles. The van der Waals surface area contributed by atoms with Gasteiger partial charge in [-0.15, -0.1) is 0 Å². The molecule has 0 radical (unpaired) electrons. The monoisotopic (exact) mass is 346 g/mol. The van der Waals surface area contributed by atoms with Crippen molar-refractivity contribution in [3.8, 4) is 11.3 Å². The van der Waals surface area contributed by atoms with Crippen LogP contribution in [0, 0.1) is 0 Å². The van der Waals surface area contributed by atoms with Gasteiger partial charge in [-0.2, -0.15) is 10.5 Å². The molecule has 1 atom stereocenters. The Morgan fingerprint density at radius 3 is 2.31 bits per heavy atom. The van der Waals surface area contributed by atoms with Gasteiger partial charge in [0.05, 0.1) is 11.4 Å². The highest BCUT2D eigenvalue weighted by Crippen LogP contribution is 2.25. The first-order valence-corrected chi connectivity index (χ1v) is 8.17. The number of benzene rings is 2. The van der Waals surface area contributed by atoms with E-state index in [0.717, 1.165) is 22.5 Å². The first kappa shape index (κ1) is 15.9. The minimum absolute atomic E-state index is 0.502. The zero-order valence-electron chi connectivity index (χ0n) is 13.9. The highest BCUT2D eigenvalue weighted by molar-refractivity contribution is 5.93. The molecule has 7 nitrogen and oxygen atoms in total. The fourth-order valence-corrected chi connectivity index (χ4v) is 2.84. The molecule has 0 fully saturated rings. The molecule has 26 heavy (non-hydrogen) atoms. The third-order valence-electron chi connectivity index (χ3n) is 4.22. The fraction of sp³-hybridized carbons (Fsp3) is 0.0526. The van der Waals surface area contributed by atoms with Crippen LogP contribution < -0.4 is 21.9 Å². The van der Waals surface area contributed by atoms with Gasteiger partial charge in [0.25, 0.3) is 5.91 Å². The number of hydrogen-bond donors (Lipinski definition) is 5. The molecule has 1 aliphatic heterocycles. The number of nitrogens with zero attached hydrogens (tertiary/aromatic N) is 1. The summed E-state index contributed by atoms with van der Waals surface area (Å²) in [7, 11) is 0. The van der Waals surface area contributed by atoms with Crippen molar-refractivity contribution in [2.45, 2.75) is 5.66 Å². The van der Waals surface area contributed by atoms with Crippen LogP contribution in [-0.4, -0.2) is 21.8 Å². The van der Waals surface area contributed by atoms with E-state index in [4.69, 9.17) is 5.73 Å². The number of primary amides is 1. The van der Waals surface area contributed by atoms with E-state index in [1.54, 1.807) is 6.08 Å². The number of hydrogen-bond acceptors (Lipinski definition) is 5. The number of carbonyl (C=O) groups is 1. The summed E-state index contributed by atoms with van der Waals surface area (Å²) in [5.41, 5.74) is 13.9. The highest BCUT2D eigenvalue weighted by Gasteiger charge is 2.39. The highest BCUT2D eigenvalue weighted by atomic mass is 16.2. The van der Waals surface area contributed by atoms with E-state index < -0.39 is 11.6 Å². The molecule has 7 heteroatoms. The number of nitrogens with two attached hydrogens (primary N) is 1. The van der Waals surface area contributed by atoms with E-state index in [1.165, 1.54) is 0 Å². The summed E-state index contributed by atoms with van der Waals surface area (Å²) >= 11 is 0. The Hall–Kier alpha value is -3.58. The summed E-state index contributed by atoms with van der Waals surface area (Å²) in [5.74, 6) is -0.0669. The van der Waals surface area contributed by atoms with E-state index >= 15 is 0 Å². The van der Waals surface area contributed by atoms with Crippen molar-refractivity contribution in [3.05, 3.63) is 78.4 Å². The lowest BCUT2D eigenvalue weighted by atomic mass is 10.1. The lowest BCUT2D eigenvalue weighted by Gasteiger charge is -2.24. The predicted molar refractivity (Wildman–Crippen MR) is 100 cm³/mol. The van der Waals surface area contributed by atoms with E-state index in [1.807, 2.05) is 66.7 Å². The number of carbonyl (C=O) groups excluding carboxylic acids is 1. The van der Waals surface area contributed by atoms with Crippen molar-refractivity contribution in [1.82, 2.24) is 21.0 Å². The predicted octanol–water partition coefficient (Wildman–Crippen LogP) is 1.82. The third kappa shape index (κ3) is 2.91. The number of aromatic amines is 1. The Bertz CT molecular complexity index is 950. The lowest BCUT2D eigenvalue weighted by Crippen LogP contribution is -2.59. The van der Waals surface area contributed by atoms with Crippen molar-refractivity contribution >= 4 is 17.4 Å². The fourth-order valence-electron chi connectivity index (χ4n) is 2.84. The van der Waals surface area contributed by atoms with Crippen molar-refractivity contribution < 1.29 is 4.79 Å². The number of nitrogens with one attached hydrogen (secondary N) is 4. The Labute approximate surface area is 150 Å². The van der Waals surface area contributed by atoms with Gasteiger partial charge in [0.2, 0.25) is 5.66 Å². The summed E-state index contributed by atoms with van der Waals surface area (Å²) in [4.78, 5) is 12.2. The van der Waals surface area contributed by atoms with Crippen LogP contribution in [0.4, 0.5) is 5.82 Å². The van der Waals surface area contributed by atoms with Gasteiger partial charge in [-0.05, 0) is 17.2 Å². The van der Waals surface area contributed by atoms with Crippen molar-refractivity contribution in [2.24, 2.45) is 5.73 Å². The van der Waals surface area contributed by atoms with Crippen LogP contribution in [0.5, 0.6) is 0 Å². The Kier molecular flexibility index (Phi) is 3.91. The van der Waals surface area contributed by atoms with Gasteiger partial charge in [0.1, 0.15) is 0 Å². The average Bonchev–Trinajstić information content (AvgIpc) is 3.32. The Morgan fingerprint density at radius 2 is 1.65 bits per heavy atom. The molecule has 6 N–H and O–H groups in total. The standard InChI is InChI=1S/C19H18N6O/c20-18(26)19(12-16(23-25-19)14-9-5-2-6-10-14)21-17-11-15(22-24-17)13-7-3-1-4-8-13/h1-12,23,25H,(H2,20,26)(H2,21,22,24). The second-order valence-corrected chi connectivity index (χ2v) is 6.00. The first-order valence-electron chi connectivity index (χ1n) is 8.17. The van der Waals surface area contributed by atoms with E-state index in [2.05, 4.69) is 26.4 Å². The number of hydrazine groups is 1. The summed E-state index contributed by atoms with van der Waals surface area (Å²) in [6, 6.07) is 21.3. The number of anilines is 1. The molecule has 2 aromatic carbocycles. The molecule has 130 valence electrons. The quantitative estimate of drug-likeness (QED) is 0.484. The lowest BCUT2D eigenvalue weighted by molar-refractivity contribution is -0.121. The zero-order valence-corrected chi connectivity index (χ0v) is 13.9. The molecule has 0 spiro atoms. The maximum absolute atomic E-state index is 12.2. The van der Waals surface area contributed by atoms with Gasteiger partial charge >= 0.3 is 0 Å². The number of rotatable bonds is 5. The molecule has 4 rings (SSSR count). The van der Waals surface area contributed by atoms with Crippen LogP contribution in [-0.2, 0) is 4.79 Å². The van der Waals surface area contributed by atoms with Crippen LogP contribution in [0.3, 0.4) is 0 Å². The molecule has 1 aromatic heterocycles. The summed E-state index contributed by atoms with van der Waals surface area (Å²) in [5, 5.41) is 10.3. The number of aromatic nitrogens is 2. The second-order valence-electron chi connectivity index (χ2n) is 6.00. The van der Waals surface area contributed by atoms with E-state index in [9.17, 15) is 4.79 Å². The van der Waals surface area contributed by atoms with Gasteiger partial charge in [-0.25, -0.2) is 0 Å². The van der Waals surface area contributed by atoms with Crippen molar-refractivity contribution in [1.29, 1.82) is 0 Å². The largest absolute Gasteiger partial charge is 0.366 e. The van der Waals surface area contributed by atoms with Crippen molar-refractivity contribution in [3.63, 3.8) is 0 Å². The second kappa shape index (κ2) is 6.38. The van der Waals surface area contributed by atoms with Gasteiger partial charge in [-0.1, -0.05) is 60.7 Å². The average molecular weight is 346 g/mol. The molecule has 2 heterocycles. The first-order chi connectivity index (χ1) is 12.7. The molecular formula is C19H18N6O. The van der Waals surface area contributed by atoms with Crippen LogP contribution in [0.1, 0.15) is 5.56 Å². The minimum atomic E-state index is -1.28. The van der Waals surface area contributed by atoms with Crippen LogP contribution in [0.25, 0.3) is 17.0 Å². The van der Waals surface area contributed by atoms with E-state index in [0.29, 0.717) is 5.82 Å². The normalized spacial score (nSPS) is 18.8. The third-order valence-corrected chi connectivity index (χ3v) is 4.22. The maximum Gasteiger partial charge on any atom is 0.264 e. The van der Waals surface area contributed by atoms with E-state index in [-0.39, 0.29) is 0 Å². The summed E-state index contributed by atoms with van der Waals surface area (Å²) in [6.45, 7) is 0. The minimum Gasteiger partial charge on any atom is -0.366 e. The van der Waals surface area contributed by atoms with Gasteiger partial charge in [-0.3, -0.25) is 9.89 Å². The van der Waals surface area contributed by atoms with Gasteiger partial charge in [0, 0.05) is 6.07 Å². The summed E-state index contributed by atoms with van der Waals surface area (Å²) in [6.07, 6.45) is 1.72. The molecule has 1 amide bonds. The smallest absolute Gasteiger partial charge is 0.264 e. The molecule has 3 aromatic rings. The van der Waals surface area contributed by atoms with Crippen LogP contribution >= 0.6 is 0 Å². The van der Waals surface area contributed by atoms with Gasteiger partial charge < -0.3 is 16.5 Å². The molecule has 0 saturated heterocycles. The molecule has 0 bridgehead atoms. The Morgan fingerprint density at radius 1 is 1.00 bits per heavy atom. The zero-order chi connectivity index (χ0) is 18.0. The topological polar surface area (TPSA) is 108 Å². The SMILES string of the molecule is NC(=O)C1(Nc2cc(-c3ccccc3)[nH]n2)C=C(c2ccccc2)NN1. The van der Waals surface area contributed by atoms with Crippen molar-refractivity contribution in [2.75, 3.05) is 5.32 Å². The van der Waals surface area contributed by atoms with Crippen LogP contribution in [0.2, 0.25) is 0 Å². The molecular weight excluding hydrogens is 328 g/mol. The number of H-pyrrole nitrogens is 1. The van der Waals surface area contributed by atoms with Gasteiger partial charge in [0.15, 0.2) is 5.82 Å². The molecule has 1 unspecified atom stereocenters. The molecule has 1 aliphatic rings.